The maximum absolute atomic E-state index is 12.9. The van der Waals surface area contributed by atoms with Crippen molar-refractivity contribution in [3.05, 3.63) is 24.3 Å². The van der Waals surface area contributed by atoms with Crippen LogP contribution in [0.15, 0.2) is 34.1 Å². The van der Waals surface area contributed by atoms with Gasteiger partial charge in [-0.3, -0.25) is 0 Å². The molecule has 1 aromatic rings. The van der Waals surface area contributed by atoms with E-state index in [1.54, 1.807) is 0 Å². The van der Waals surface area contributed by atoms with Crippen molar-refractivity contribution in [1.82, 2.24) is 4.31 Å². The molecule has 2 aliphatic rings. The molecule has 1 aliphatic carbocycles. The summed E-state index contributed by atoms with van der Waals surface area (Å²) in [5.41, 5.74) is 0. The number of nitrogens with zero attached hydrogens (tertiary/aromatic N) is 1. The van der Waals surface area contributed by atoms with Gasteiger partial charge in [0.1, 0.15) is 0 Å². The number of benzene rings is 1. The number of sulfonamides is 2. The second-order valence-corrected chi connectivity index (χ2v) is 9.35. The Labute approximate surface area is 136 Å². The highest BCUT2D eigenvalue weighted by atomic mass is 32.2. The van der Waals surface area contributed by atoms with Gasteiger partial charge in [0.2, 0.25) is 20.0 Å². The number of hydrogen-bond donors (Lipinski definition) is 1. The van der Waals surface area contributed by atoms with Gasteiger partial charge in [0, 0.05) is 6.54 Å². The molecule has 0 spiro atoms. The molecule has 9 heteroatoms. The van der Waals surface area contributed by atoms with E-state index in [2.05, 4.69) is 0 Å². The van der Waals surface area contributed by atoms with Crippen LogP contribution in [0.4, 0.5) is 0 Å². The van der Waals surface area contributed by atoms with E-state index in [0.29, 0.717) is 13.2 Å². The van der Waals surface area contributed by atoms with E-state index in [9.17, 15) is 16.8 Å². The molecule has 0 amide bonds. The molecule has 1 heterocycles. The van der Waals surface area contributed by atoms with Crippen molar-refractivity contribution in [1.29, 1.82) is 0 Å². The van der Waals surface area contributed by atoms with Crippen molar-refractivity contribution in [3.8, 4) is 0 Å². The van der Waals surface area contributed by atoms with Crippen molar-refractivity contribution < 1.29 is 21.6 Å². The van der Waals surface area contributed by atoms with Gasteiger partial charge in [-0.25, -0.2) is 22.0 Å². The molecular weight excluding hydrogens is 340 g/mol. The summed E-state index contributed by atoms with van der Waals surface area (Å²) >= 11 is 0. The predicted molar refractivity (Wildman–Crippen MR) is 83.7 cm³/mol. The van der Waals surface area contributed by atoms with Gasteiger partial charge in [-0.15, -0.1) is 0 Å². The zero-order valence-corrected chi connectivity index (χ0v) is 14.2. The Morgan fingerprint density at radius 2 is 1.61 bits per heavy atom. The largest absolute Gasteiger partial charge is 0.375 e. The third-order valence-corrected chi connectivity index (χ3v) is 7.31. The zero-order valence-electron chi connectivity index (χ0n) is 12.6. The first-order valence-electron chi connectivity index (χ1n) is 7.56. The average Bonchev–Trinajstić information content (AvgIpc) is 2.53. The summed E-state index contributed by atoms with van der Waals surface area (Å²) in [5.74, 6) is 0. The molecule has 0 bridgehead atoms. The molecule has 0 radical (unpaired) electrons. The van der Waals surface area contributed by atoms with Crippen LogP contribution in [0.3, 0.4) is 0 Å². The molecular formula is C14H20N2O5S2. The number of ether oxygens (including phenoxy) is 1. The minimum Gasteiger partial charge on any atom is -0.375 e. The molecule has 3 rings (SSSR count). The van der Waals surface area contributed by atoms with Crippen LogP contribution in [0.25, 0.3) is 0 Å². The summed E-state index contributed by atoms with van der Waals surface area (Å²) < 4.78 is 55.6. The molecule has 2 N–H and O–H groups in total. The summed E-state index contributed by atoms with van der Waals surface area (Å²) in [6.45, 7) is 0.704. The molecule has 1 aliphatic heterocycles. The second kappa shape index (κ2) is 6.14. The lowest BCUT2D eigenvalue weighted by Gasteiger charge is -2.42. The van der Waals surface area contributed by atoms with Crippen LogP contribution in [0.5, 0.6) is 0 Å². The summed E-state index contributed by atoms with van der Waals surface area (Å²) in [5, 5.41) is 5.04. The lowest BCUT2D eigenvalue weighted by Crippen LogP contribution is -2.54. The number of fused-ring (bicyclic) bond motifs is 1. The summed E-state index contributed by atoms with van der Waals surface area (Å²) in [7, 11) is -7.51. The molecule has 128 valence electrons. The number of hydrogen-bond acceptors (Lipinski definition) is 5. The van der Waals surface area contributed by atoms with Crippen molar-refractivity contribution in [2.24, 2.45) is 5.14 Å². The Kier molecular flexibility index (Phi) is 4.49. The molecule has 1 aromatic carbocycles. The molecule has 0 aromatic heterocycles. The fourth-order valence-electron chi connectivity index (χ4n) is 3.30. The van der Waals surface area contributed by atoms with Crippen molar-refractivity contribution in [2.45, 2.75) is 47.6 Å². The predicted octanol–water partition coefficient (Wildman–Crippen LogP) is 0.666. The lowest BCUT2D eigenvalue weighted by molar-refractivity contribution is -0.0586. The van der Waals surface area contributed by atoms with E-state index in [4.69, 9.17) is 9.88 Å². The van der Waals surface area contributed by atoms with Crippen LogP contribution < -0.4 is 5.14 Å². The third kappa shape index (κ3) is 3.29. The minimum atomic E-state index is -3.84. The molecule has 2 atom stereocenters. The van der Waals surface area contributed by atoms with Gasteiger partial charge in [-0.1, -0.05) is 12.8 Å². The van der Waals surface area contributed by atoms with Crippen LogP contribution in [-0.4, -0.2) is 46.4 Å². The number of morpholine rings is 1. The molecule has 2 fully saturated rings. The number of nitrogens with two attached hydrogens (primary N) is 1. The molecule has 1 saturated heterocycles. The first-order chi connectivity index (χ1) is 10.8. The summed E-state index contributed by atoms with van der Waals surface area (Å²) in [6, 6.07) is 4.90. The number of rotatable bonds is 3. The van der Waals surface area contributed by atoms with E-state index in [0.717, 1.165) is 25.7 Å². The summed E-state index contributed by atoms with van der Waals surface area (Å²) in [6.07, 6.45) is 3.66. The van der Waals surface area contributed by atoms with Crippen molar-refractivity contribution >= 4 is 20.0 Å². The Morgan fingerprint density at radius 3 is 2.26 bits per heavy atom. The van der Waals surface area contributed by atoms with E-state index >= 15 is 0 Å². The Hall–Kier alpha value is -1.00. The van der Waals surface area contributed by atoms with Gasteiger partial charge in [-0.05, 0) is 37.1 Å². The van der Waals surface area contributed by atoms with Gasteiger partial charge in [-0.2, -0.15) is 4.31 Å². The fourth-order valence-corrected chi connectivity index (χ4v) is 5.47. The third-order valence-electron chi connectivity index (χ3n) is 4.44. The standard InChI is InChI=1S/C14H20N2O5S2/c15-22(17,18)11-5-7-12(8-6-11)23(19,20)16-9-10-21-14-4-2-1-3-13(14)16/h5-8,13-14H,1-4,9-10H2,(H2,15,17,18). The maximum Gasteiger partial charge on any atom is 0.243 e. The molecule has 7 nitrogen and oxygen atoms in total. The Bertz CT molecular complexity index is 772. The second-order valence-electron chi connectivity index (χ2n) is 5.89. The van der Waals surface area contributed by atoms with Crippen molar-refractivity contribution in [3.63, 3.8) is 0 Å². The van der Waals surface area contributed by atoms with Gasteiger partial charge >= 0.3 is 0 Å². The topological polar surface area (TPSA) is 107 Å². The monoisotopic (exact) mass is 360 g/mol. The van der Waals surface area contributed by atoms with E-state index in [1.165, 1.54) is 28.6 Å². The highest BCUT2D eigenvalue weighted by Gasteiger charge is 2.40. The smallest absolute Gasteiger partial charge is 0.243 e. The van der Waals surface area contributed by atoms with Gasteiger partial charge in [0.05, 0.1) is 28.5 Å². The Balaban J connectivity index is 1.91. The van der Waals surface area contributed by atoms with Gasteiger partial charge in [0.15, 0.2) is 0 Å². The van der Waals surface area contributed by atoms with Crippen LogP contribution in [0.2, 0.25) is 0 Å². The van der Waals surface area contributed by atoms with Crippen LogP contribution in [0, 0.1) is 0 Å². The minimum absolute atomic E-state index is 0.0454. The fraction of sp³-hybridized carbons (Fsp3) is 0.571. The molecule has 1 saturated carbocycles. The van der Waals surface area contributed by atoms with Gasteiger partial charge in [0.25, 0.3) is 0 Å². The van der Waals surface area contributed by atoms with E-state index in [-0.39, 0.29) is 21.9 Å². The number of primary sulfonamides is 1. The SMILES string of the molecule is NS(=O)(=O)c1ccc(S(=O)(=O)N2CCOC3CCCCC32)cc1. The quantitative estimate of drug-likeness (QED) is 0.852. The van der Waals surface area contributed by atoms with E-state index < -0.39 is 20.0 Å². The lowest BCUT2D eigenvalue weighted by atomic mass is 9.91. The first kappa shape index (κ1) is 16.8. The molecule has 23 heavy (non-hydrogen) atoms. The average molecular weight is 360 g/mol. The normalized spacial score (nSPS) is 26.7. The van der Waals surface area contributed by atoms with Crippen molar-refractivity contribution in [2.75, 3.05) is 13.2 Å². The first-order valence-corrected chi connectivity index (χ1v) is 10.5. The Morgan fingerprint density at radius 1 is 1.00 bits per heavy atom. The van der Waals surface area contributed by atoms with Crippen LogP contribution in [-0.2, 0) is 24.8 Å². The summed E-state index contributed by atoms with van der Waals surface area (Å²) in [4.78, 5) is -0.0231. The highest BCUT2D eigenvalue weighted by Crippen LogP contribution is 2.32. The molecule has 2 unspecified atom stereocenters. The van der Waals surface area contributed by atoms with Crippen LogP contribution >= 0.6 is 0 Å². The van der Waals surface area contributed by atoms with Gasteiger partial charge < -0.3 is 4.74 Å². The van der Waals surface area contributed by atoms with E-state index in [1.807, 2.05) is 0 Å². The highest BCUT2D eigenvalue weighted by molar-refractivity contribution is 7.89. The zero-order chi connectivity index (χ0) is 16.7. The maximum atomic E-state index is 12.9. The van der Waals surface area contributed by atoms with Crippen LogP contribution in [0.1, 0.15) is 25.7 Å².